The third-order valence-corrected chi connectivity index (χ3v) is 8.27. The molecule has 0 unspecified atom stereocenters. The molecule has 0 radical (unpaired) electrons. The molecule has 0 atom stereocenters. The van der Waals surface area contributed by atoms with Crippen LogP contribution >= 0.6 is 0 Å². The molecular formula is C38H44N4O4. The summed E-state index contributed by atoms with van der Waals surface area (Å²) in [5.74, 6) is 0.491. The maximum absolute atomic E-state index is 12.7. The van der Waals surface area contributed by atoms with E-state index >= 15 is 0 Å². The van der Waals surface area contributed by atoms with Gasteiger partial charge in [-0.05, 0) is 59.7 Å². The second-order valence-electron chi connectivity index (χ2n) is 11.8. The summed E-state index contributed by atoms with van der Waals surface area (Å²) >= 11 is 0. The molecule has 0 aliphatic carbocycles. The molecule has 4 aromatic rings. The van der Waals surface area contributed by atoms with Crippen molar-refractivity contribution in [1.29, 1.82) is 0 Å². The van der Waals surface area contributed by atoms with Crippen molar-refractivity contribution in [2.24, 2.45) is 0 Å². The van der Waals surface area contributed by atoms with E-state index in [4.69, 9.17) is 4.74 Å². The summed E-state index contributed by atoms with van der Waals surface area (Å²) in [5, 5.41) is 19.2. The Balaban J connectivity index is 0.916. The summed E-state index contributed by atoms with van der Waals surface area (Å²) < 4.78 is 5.75. The van der Waals surface area contributed by atoms with Crippen LogP contribution in [0.15, 0.2) is 103 Å². The smallest absolute Gasteiger partial charge is 0.411 e. The molecule has 1 fully saturated rings. The van der Waals surface area contributed by atoms with Crippen LogP contribution in [-0.4, -0.2) is 60.7 Å². The fourth-order valence-corrected chi connectivity index (χ4v) is 5.68. The number of ether oxygens (including phenoxy) is 1. The standard InChI is InChI=1S/C38H44N4O4/c43-33-10-6-7-31(25-33)27-40-26-30-15-13-29(14-16-30)17-18-34(44)28-39-21-24-42-22-19-35(20-23-42)46-38(45)41-37-12-5-4-11-36(37)32-8-2-1-3-9-32/h1-16,25,35,39-40,43H,17-24,26-28H2,(H,41,45). The first kappa shape index (κ1) is 32.9. The molecule has 0 saturated carbocycles. The van der Waals surface area contributed by atoms with Gasteiger partial charge in [0.25, 0.3) is 0 Å². The lowest BCUT2D eigenvalue weighted by molar-refractivity contribution is -0.118. The summed E-state index contributed by atoms with van der Waals surface area (Å²) in [6.45, 7) is 5.13. The third-order valence-electron chi connectivity index (χ3n) is 8.27. The Kier molecular flexibility index (Phi) is 12.3. The lowest BCUT2D eigenvalue weighted by Crippen LogP contribution is -2.42. The zero-order chi connectivity index (χ0) is 32.0. The number of hydrogen-bond acceptors (Lipinski definition) is 7. The average molecular weight is 621 g/mol. The van der Waals surface area contributed by atoms with Crippen molar-refractivity contribution in [2.75, 3.05) is 38.0 Å². The number of nitrogens with one attached hydrogen (secondary N) is 3. The lowest BCUT2D eigenvalue weighted by atomic mass is 10.0. The van der Waals surface area contributed by atoms with Crippen molar-refractivity contribution in [3.63, 3.8) is 0 Å². The number of likely N-dealkylation sites (tertiary alicyclic amines) is 1. The van der Waals surface area contributed by atoms with Gasteiger partial charge in [0.1, 0.15) is 17.6 Å². The van der Waals surface area contributed by atoms with Gasteiger partial charge in [-0.25, -0.2) is 4.79 Å². The highest BCUT2D eigenvalue weighted by molar-refractivity contribution is 5.91. The molecule has 8 heteroatoms. The van der Waals surface area contributed by atoms with E-state index in [9.17, 15) is 14.7 Å². The Bertz CT molecular complexity index is 1540. The van der Waals surface area contributed by atoms with E-state index < -0.39 is 6.09 Å². The molecule has 4 aromatic carbocycles. The number of phenols is 1. The van der Waals surface area contributed by atoms with Gasteiger partial charge >= 0.3 is 6.09 Å². The summed E-state index contributed by atoms with van der Waals surface area (Å²) in [4.78, 5) is 27.5. The number of Topliss-reactive ketones (excluding diaryl/α,β-unsaturated/α-hetero) is 1. The normalized spacial score (nSPS) is 13.7. The van der Waals surface area contributed by atoms with Gasteiger partial charge in [-0.2, -0.15) is 0 Å². The molecule has 1 amide bonds. The topological polar surface area (TPSA) is 103 Å². The minimum atomic E-state index is -0.420. The number of rotatable bonds is 15. The maximum Gasteiger partial charge on any atom is 0.411 e. The van der Waals surface area contributed by atoms with Crippen LogP contribution in [-0.2, 0) is 29.0 Å². The van der Waals surface area contributed by atoms with Crippen LogP contribution in [0.1, 0.15) is 36.0 Å². The van der Waals surface area contributed by atoms with Crippen molar-refractivity contribution >= 4 is 17.6 Å². The van der Waals surface area contributed by atoms with Crippen LogP contribution in [0, 0.1) is 0 Å². The second kappa shape index (κ2) is 17.3. The maximum atomic E-state index is 12.7. The molecule has 1 saturated heterocycles. The number of hydrogen-bond donors (Lipinski definition) is 4. The minimum Gasteiger partial charge on any atom is -0.508 e. The quantitative estimate of drug-likeness (QED) is 0.118. The van der Waals surface area contributed by atoms with E-state index in [1.807, 2.05) is 66.7 Å². The average Bonchev–Trinajstić information content (AvgIpc) is 3.08. The number of amides is 1. The van der Waals surface area contributed by atoms with Crippen LogP contribution in [0.3, 0.4) is 0 Å². The van der Waals surface area contributed by atoms with Gasteiger partial charge in [-0.15, -0.1) is 0 Å². The third kappa shape index (κ3) is 10.5. The zero-order valence-electron chi connectivity index (χ0n) is 26.3. The molecule has 8 nitrogen and oxygen atoms in total. The first-order valence-corrected chi connectivity index (χ1v) is 16.1. The van der Waals surface area contributed by atoms with E-state index in [1.54, 1.807) is 12.1 Å². The van der Waals surface area contributed by atoms with Crippen molar-refractivity contribution in [3.05, 3.63) is 120 Å². The number of para-hydroxylation sites is 1. The zero-order valence-corrected chi connectivity index (χ0v) is 26.3. The van der Waals surface area contributed by atoms with Gasteiger partial charge in [-0.1, -0.05) is 84.9 Å². The molecule has 5 rings (SSSR count). The summed E-state index contributed by atoms with van der Waals surface area (Å²) in [6, 6.07) is 33.4. The van der Waals surface area contributed by atoms with E-state index in [2.05, 4.69) is 45.1 Å². The number of benzene rings is 4. The molecule has 1 aliphatic rings. The molecule has 1 heterocycles. The summed E-state index contributed by atoms with van der Waals surface area (Å²) in [5.41, 5.74) is 6.12. The van der Waals surface area contributed by atoms with Crippen LogP contribution in [0.2, 0.25) is 0 Å². The molecule has 0 aromatic heterocycles. The van der Waals surface area contributed by atoms with Crippen LogP contribution in [0.5, 0.6) is 5.75 Å². The van der Waals surface area contributed by atoms with E-state index in [0.29, 0.717) is 19.5 Å². The Hall–Kier alpha value is -4.50. The number of anilines is 1. The lowest BCUT2D eigenvalue weighted by Gasteiger charge is -2.31. The molecule has 0 bridgehead atoms. The fourth-order valence-electron chi connectivity index (χ4n) is 5.68. The highest BCUT2D eigenvalue weighted by Gasteiger charge is 2.22. The molecular weight excluding hydrogens is 576 g/mol. The van der Waals surface area contributed by atoms with Gasteiger partial charge in [0, 0.05) is 51.3 Å². The van der Waals surface area contributed by atoms with E-state index in [-0.39, 0.29) is 17.6 Å². The molecule has 0 spiro atoms. The largest absolute Gasteiger partial charge is 0.508 e. The number of carbonyl (C=O) groups is 2. The predicted octanol–water partition coefficient (Wildman–Crippen LogP) is 6.15. The van der Waals surface area contributed by atoms with Crippen molar-refractivity contribution < 1.29 is 19.4 Å². The SMILES string of the molecule is O=C(CCc1ccc(CNCc2cccc(O)c2)cc1)CNCCN1CCC(OC(=O)Nc2ccccc2-c2ccccc2)CC1. The number of nitrogens with zero attached hydrogens (tertiary/aromatic N) is 1. The van der Waals surface area contributed by atoms with Crippen molar-refractivity contribution in [3.8, 4) is 16.9 Å². The van der Waals surface area contributed by atoms with Gasteiger partial charge < -0.3 is 25.4 Å². The van der Waals surface area contributed by atoms with Crippen LogP contribution < -0.4 is 16.0 Å². The number of phenolic OH excluding ortho intramolecular Hbond substituents is 1. The number of aryl methyl sites for hydroxylation is 1. The Morgan fingerprint density at radius 2 is 1.50 bits per heavy atom. The Labute approximate surface area is 271 Å². The minimum absolute atomic E-state index is 0.107. The van der Waals surface area contributed by atoms with Gasteiger partial charge in [0.2, 0.25) is 0 Å². The first-order chi connectivity index (χ1) is 22.5. The number of ketones is 1. The summed E-state index contributed by atoms with van der Waals surface area (Å²) in [7, 11) is 0. The fraction of sp³-hybridized carbons (Fsp3) is 0.316. The van der Waals surface area contributed by atoms with Crippen LogP contribution in [0.4, 0.5) is 10.5 Å². The number of aromatic hydroxyl groups is 1. The van der Waals surface area contributed by atoms with Crippen molar-refractivity contribution in [1.82, 2.24) is 15.5 Å². The number of piperidine rings is 1. The highest BCUT2D eigenvalue weighted by Crippen LogP contribution is 2.28. The highest BCUT2D eigenvalue weighted by atomic mass is 16.6. The number of carbonyl (C=O) groups excluding carboxylic acids is 2. The van der Waals surface area contributed by atoms with E-state index in [0.717, 1.165) is 79.9 Å². The van der Waals surface area contributed by atoms with Crippen LogP contribution in [0.25, 0.3) is 11.1 Å². The first-order valence-electron chi connectivity index (χ1n) is 16.1. The Morgan fingerprint density at radius 1 is 0.783 bits per heavy atom. The monoisotopic (exact) mass is 620 g/mol. The summed E-state index contributed by atoms with van der Waals surface area (Å²) in [6.07, 6.45) is 2.30. The molecule has 46 heavy (non-hydrogen) atoms. The van der Waals surface area contributed by atoms with E-state index in [1.165, 1.54) is 5.56 Å². The van der Waals surface area contributed by atoms with Crippen molar-refractivity contribution in [2.45, 2.75) is 44.9 Å². The Morgan fingerprint density at radius 3 is 2.28 bits per heavy atom. The van der Waals surface area contributed by atoms with Gasteiger partial charge in [0.05, 0.1) is 12.2 Å². The molecule has 1 aliphatic heterocycles. The second-order valence-corrected chi connectivity index (χ2v) is 11.8. The molecule has 4 N–H and O–H groups in total. The molecule has 240 valence electrons. The van der Waals surface area contributed by atoms with Gasteiger partial charge in [-0.3, -0.25) is 10.1 Å². The van der Waals surface area contributed by atoms with Gasteiger partial charge in [0.15, 0.2) is 0 Å². The predicted molar refractivity (Wildman–Crippen MR) is 183 cm³/mol.